The van der Waals surface area contributed by atoms with Crippen molar-refractivity contribution in [1.82, 2.24) is 14.7 Å². The zero-order chi connectivity index (χ0) is 18.5. The van der Waals surface area contributed by atoms with Crippen molar-refractivity contribution in [3.05, 3.63) is 87.4 Å². The van der Waals surface area contributed by atoms with Crippen LogP contribution in [-0.4, -0.2) is 32.1 Å². The smallest absolute Gasteiger partial charge is 0.269 e. The molecule has 0 N–H and O–H groups in total. The van der Waals surface area contributed by atoms with Crippen LogP contribution in [0.5, 0.6) is 0 Å². The Morgan fingerprint density at radius 1 is 1.35 bits per heavy atom. The molecule has 0 saturated heterocycles. The number of carbonyl (C=O) groups is 1. The lowest BCUT2D eigenvalue weighted by Gasteiger charge is -2.19. The minimum Gasteiger partial charge on any atom is -0.330 e. The lowest BCUT2D eigenvalue weighted by molar-refractivity contribution is -0.384. The maximum atomic E-state index is 12.8. The Morgan fingerprint density at radius 3 is 2.73 bits per heavy atom. The summed E-state index contributed by atoms with van der Waals surface area (Å²) in [6, 6.07) is 9.91. The number of non-ortho nitro benzene ring substituents is 1. The number of thiophene rings is 1. The fraction of sp³-hybridized carbons (Fsp3) is 0.111. The van der Waals surface area contributed by atoms with Crippen molar-refractivity contribution in [3.8, 4) is 5.69 Å². The molecule has 2 heterocycles. The predicted octanol–water partition coefficient (Wildman–Crippen LogP) is 3.67. The van der Waals surface area contributed by atoms with Gasteiger partial charge in [0.15, 0.2) is 0 Å². The minimum atomic E-state index is -0.459. The first-order valence-corrected chi connectivity index (χ1v) is 8.68. The van der Waals surface area contributed by atoms with Crippen LogP contribution in [0.2, 0.25) is 0 Å². The number of hydrogen-bond donors (Lipinski definition) is 0. The van der Waals surface area contributed by atoms with E-state index in [1.54, 1.807) is 40.6 Å². The summed E-state index contributed by atoms with van der Waals surface area (Å²) >= 11 is 1.59. The number of rotatable bonds is 7. The van der Waals surface area contributed by atoms with Gasteiger partial charge in [0.1, 0.15) is 0 Å². The molecule has 0 aliphatic heterocycles. The van der Waals surface area contributed by atoms with Crippen molar-refractivity contribution in [2.45, 2.75) is 6.54 Å². The van der Waals surface area contributed by atoms with E-state index in [4.69, 9.17) is 0 Å². The van der Waals surface area contributed by atoms with Crippen LogP contribution in [0, 0.1) is 10.1 Å². The van der Waals surface area contributed by atoms with Gasteiger partial charge in [-0.2, -0.15) is 5.10 Å². The fourth-order valence-corrected chi connectivity index (χ4v) is 3.17. The van der Waals surface area contributed by atoms with Crippen LogP contribution in [0.25, 0.3) is 5.69 Å². The Morgan fingerprint density at radius 2 is 2.12 bits per heavy atom. The number of nitro benzene ring substituents is 1. The van der Waals surface area contributed by atoms with Crippen LogP contribution in [0.1, 0.15) is 15.2 Å². The highest BCUT2D eigenvalue weighted by Crippen LogP contribution is 2.17. The average Bonchev–Trinajstić information content (AvgIpc) is 3.33. The monoisotopic (exact) mass is 368 g/mol. The Labute approximate surface area is 154 Å². The molecule has 0 spiro atoms. The molecule has 3 rings (SSSR count). The van der Waals surface area contributed by atoms with Gasteiger partial charge >= 0.3 is 0 Å². The van der Waals surface area contributed by atoms with Gasteiger partial charge in [-0.3, -0.25) is 14.9 Å². The summed E-state index contributed by atoms with van der Waals surface area (Å²) in [5.74, 6) is -0.147. The summed E-state index contributed by atoms with van der Waals surface area (Å²) in [6.07, 6.45) is 4.80. The molecule has 8 heteroatoms. The Kier molecular flexibility index (Phi) is 5.23. The third kappa shape index (κ3) is 3.86. The van der Waals surface area contributed by atoms with E-state index in [0.29, 0.717) is 24.3 Å². The number of aromatic nitrogens is 2. The summed E-state index contributed by atoms with van der Waals surface area (Å²) in [7, 11) is 0. The lowest BCUT2D eigenvalue weighted by Crippen LogP contribution is -2.30. The number of hydrogen-bond acceptors (Lipinski definition) is 5. The molecule has 0 aliphatic carbocycles. The molecule has 1 amide bonds. The molecule has 7 nitrogen and oxygen atoms in total. The molecule has 0 atom stereocenters. The molecule has 3 aromatic rings. The Balaban J connectivity index is 1.79. The van der Waals surface area contributed by atoms with E-state index in [9.17, 15) is 14.9 Å². The molecule has 0 unspecified atom stereocenters. The number of benzene rings is 1. The minimum absolute atomic E-state index is 0.00492. The summed E-state index contributed by atoms with van der Waals surface area (Å²) in [5.41, 5.74) is 1.09. The van der Waals surface area contributed by atoms with Crippen molar-refractivity contribution >= 4 is 22.9 Å². The molecule has 26 heavy (non-hydrogen) atoms. The van der Waals surface area contributed by atoms with Crippen molar-refractivity contribution in [2.75, 3.05) is 6.54 Å². The molecule has 132 valence electrons. The summed E-state index contributed by atoms with van der Waals surface area (Å²) in [5, 5.41) is 16.9. The van der Waals surface area contributed by atoms with Gasteiger partial charge in [0.2, 0.25) is 0 Å². The maximum absolute atomic E-state index is 12.8. The second kappa shape index (κ2) is 7.75. The quantitative estimate of drug-likeness (QED) is 0.362. The van der Waals surface area contributed by atoms with E-state index in [2.05, 4.69) is 11.7 Å². The summed E-state index contributed by atoms with van der Waals surface area (Å²) in [6.45, 7) is 4.65. The molecule has 0 aliphatic rings. The van der Waals surface area contributed by atoms with Crippen LogP contribution in [0.15, 0.2) is 66.8 Å². The van der Waals surface area contributed by atoms with Gasteiger partial charge in [-0.1, -0.05) is 12.1 Å². The van der Waals surface area contributed by atoms with E-state index in [-0.39, 0.29) is 11.6 Å². The standard InChI is InChI=1S/C18H16N4O3S/c1-2-9-20(13-17-4-3-10-26-17)18(23)14-11-19-21(12-14)15-5-7-16(8-6-15)22(24)25/h2-8,10-12H,1,9,13H2. The number of nitro groups is 1. The molecule has 0 radical (unpaired) electrons. The molecular formula is C18H16N4O3S. The van der Waals surface area contributed by atoms with E-state index in [0.717, 1.165) is 4.88 Å². The normalized spacial score (nSPS) is 10.5. The first-order chi connectivity index (χ1) is 12.6. The zero-order valence-electron chi connectivity index (χ0n) is 13.8. The fourth-order valence-electron chi connectivity index (χ4n) is 2.45. The van der Waals surface area contributed by atoms with E-state index >= 15 is 0 Å². The van der Waals surface area contributed by atoms with Gasteiger partial charge in [0.05, 0.1) is 28.9 Å². The molecule has 0 saturated carbocycles. The molecule has 0 bridgehead atoms. The molecule has 1 aromatic carbocycles. The van der Waals surface area contributed by atoms with Crippen LogP contribution >= 0.6 is 11.3 Å². The SMILES string of the molecule is C=CCN(Cc1cccs1)C(=O)c1cnn(-c2ccc([N+](=O)[O-])cc2)c1. The first-order valence-electron chi connectivity index (χ1n) is 7.80. The molecule has 2 aromatic heterocycles. The van der Waals surface area contributed by atoms with Crippen molar-refractivity contribution in [1.29, 1.82) is 0 Å². The van der Waals surface area contributed by atoms with Gasteiger partial charge in [-0.25, -0.2) is 4.68 Å². The topological polar surface area (TPSA) is 81.3 Å². The van der Waals surface area contributed by atoms with Crippen LogP contribution < -0.4 is 0 Å². The van der Waals surface area contributed by atoms with E-state index < -0.39 is 4.92 Å². The predicted molar refractivity (Wildman–Crippen MR) is 99.5 cm³/mol. The highest BCUT2D eigenvalue weighted by Gasteiger charge is 2.18. The highest BCUT2D eigenvalue weighted by atomic mass is 32.1. The summed E-state index contributed by atoms with van der Waals surface area (Å²) < 4.78 is 1.52. The Bertz CT molecular complexity index is 916. The third-order valence-corrected chi connectivity index (χ3v) is 4.58. The van der Waals surface area contributed by atoms with Gasteiger partial charge in [0, 0.05) is 29.8 Å². The van der Waals surface area contributed by atoms with Gasteiger partial charge in [-0.05, 0) is 23.6 Å². The second-order valence-corrected chi connectivity index (χ2v) is 6.53. The maximum Gasteiger partial charge on any atom is 0.269 e. The highest BCUT2D eigenvalue weighted by molar-refractivity contribution is 7.09. The van der Waals surface area contributed by atoms with Crippen LogP contribution in [-0.2, 0) is 6.54 Å². The second-order valence-electron chi connectivity index (χ2n) is 5.50. The first kappa shape index (κ1) is 17.6. The number of carbonyl (C=O) groups excluding carboxylic acids is 1. The van der Waals surface area contributed by atoms with Crippen molar-refractivity contribution < 1.29 is 9.72 Å². The largest absolute Gasteiger partial charge is 0.330 e. The van der Waals surface area contributed by atoms with Gasteiger partial charge < -0.3 is 4.90 Å². The number of amides is 1. The molecular weight excluding hydrogens is 352 g/mol. The average molecular weight is 368 g/mol. The van der Waals surface area contributed by atoms with Gasteiger partial charge in [0.25, 0.3) is 11.6 Å². The Hall–Kier alpha value is -3.26. The zero-order valence-corrected chi connectivity index (χ0v) is 14.6. The lowest BCUT2D eigenvalue weighted by atomic mass is 10.2. The third-order valence-electron chi connectivity index (χ3n) is 3.72. The number of nitrogens with zero attached hydrogens (tertiary/aromatic N) is 4. The molecule has 0 fully saturated rings. The van der Waals surface area contributed by atoms with Crippen LogP contribution in [0.4, 0.5) is 5.69 Å². The summed E-state index contributed by atoms with van der Waals surface area (Å²) in [4.78, 5) is 25.8. The van der Waals surface area contributed by atoms with Gasteiger partial charge in [-0.15, -0.1) is 17.9 Å². The van der Waals surface area contributed by atoms with E-state index in [1.807, 2.05) is 17.5 Å². The van der Waals surface area contributed by atoms with Crippen LogP contribution in [0.3, 0.4) is 0 Å². The van der Waals surface area contributed by atoms with Crippen molar-refractivity contribution in [3.63, 3.8) is 0 Å². The van der Waals surface area contributed by atoms with E-state index in [1.165, 1.54) is 23.0 Å². The van der Waals surface area contributed by atoms with Crippen molar-refractivity contribution in [2.24, 2.45) is 0 Å².